The SMILES string of the molecule is CCc1ccc(C(CNC(=O)c2cccc(N3CCCC3=O)c2)N(C)C)cc1. The molecule has 3 rings (SSSR count). The van der Waals surface area contributed by atoms with E-state index >= 15 is 0 Å². The molecule has 1 aliphatic rings. The van der Waals surface area contributed by atoms with Gasteiger partial charge in [-0.25, -0.2) is 0 Å². The highest BCUT2D eigenvalue weighted by Gasteiger charge is 2.22. The first-order chi connectivity index (χ1) is 13.5. The van der Waals surface area contributed by atoms with E-state index in [1.807, 2.05) is 26.2 Å². The third-order valence-corrected chi connectivity index (χ3v) is 5.35. The van der Waals surface area contributed by atoms with Crippen LogP contribution in [0.5, 0.6) is 0 Å². The van der Waals surface area contributed by atoms with Crippen LogP contribution in [0.3, 0.4) is 0 Å². The summed E-state index contributed by atoms with van der Waals surface area (Å²) in [5, 5.41) is 3.05. The van der Waals surface area contributed by atoms with Gasteiger partial charge in [-0.2, -0.15) is 0 Å². The Morgan fingerprint density at radius 3 is 2.54 bits per heavy atom. The molecule has 5 heteroatoms. The molecule has 0 saturated carbocycles. The van der Waals surface area contributed by atoms with Crippen LogP contribution in [0.4, 0.5) is 5.69 Å². The molecule has 5 nitrogen and oxygen atoms in total. The van der Waals surface area contributed by atoms with Crippen LogP contribution in [0.1, 0.15) is 47.3 Å². The molecule has 1 fully saturated rings. The Kier molecular flexibility index (Phi) is 6.47. The lowest BCUT2D eigenvalue weighted by atomic mass is 10.0. The van der Waals surface area contributed by atoms with Gasteiger partial charge in [0.15, 0.2) is 0 Å². The third kappa shape index (κ3) is 4.60. The van der Waals surface area contributed by atoms with Gasteiger partial charge in [-0.15, -0.1) is 0 Å². The van der Waals surface area contributed by atoms with Crippen molar-refractivity contribution in [2.75, 3.05) is 32.1 Å². The molecule has 0 aliphatic carbocycles. The van der Waals surface area contributed by atoms with E-state index in [2.05, 4.69) is 41.4 Å². The van der Waals surface area contributed by atoms with E-state index < -0.39 is 0 Å². The lowest BCUT2D eigenvalue weighted by Crippen LogP contribution is -2.34. The highest BCUT2D eigenvalue weighted by atomic mass is 16.2. The number of anilines is 1. The van der Waals surface area contributed by atoms with Crippen LogP contribution in [0.25, 0.3) is 0 Å². The number of aryl methyl sites for hydroxylation is 1. The molecule has 0 spiro atoms. The monoisotopic (exact) mass is 379 g/mol. The van der Waals surface area contributed by atoms with E-state index in [1.165, 1.54) is 11.1 Å². The maximum absolute atomic E-state index is 12.7. The van der Waals surface area contributed by atoms with Gasteiger partial charge in [0.1, 0.15) is 0 Å². The molecule has 1 atom stereocenters. The number of nitrogens with zero attached hydrogens (tertiary/aromatic N) is 2. The number of benzene rings is 2. The van der Waals surface area contributed by atoms with Gasteiger partial charge in [0, 0.05) is 30.8 Å². The first-order valence-electron chi connectivity index (χ1n) is 9.93. The summed E-state index contributed by atoms with van der Waals surface area (Å²) < 4.78 is 0. The molecular weight excluding hydrogens is 350 g/mol. The summed E-state index contributed by atoms with van der Waals surface area (Å²) in [5.74, 6) is 0.00582. The van der Waals surface area contributed by atoms with Gasteiger partial charge >= 0.3 is 0 Å². The lowest BCUT2D eigenvalue weighted by Gasteiger charge is -2.25. The summed E-state index contributed by atoms with van der Waals surface area (Å²) in [6, 6.07) is 16.0. The largest absolute Gasteiger partial charge is 0.350 e. The standard InChI is InChI=1S/C23H29N3O2/c1-4-17-10-12-18(13-11-17)21(25(2)3)16-24-23(28)19-7-5-8-20(15-19)26-14-6-9-22(26)27/h5,7-8,10-13,15,21H,4,6,9,14,16H2,1-3H3,(H,24,28). The van der Waals surface area contributed by atoms with E-state index in [9.17, 15) is 9.59 Å². The first-order valence-corrected chi connectivity index (χ1v) is 9.93. The van der Waals surface area contributed by atoms with E-state index in [4.69, 9.17) is 0 Å². The molecule has 1 saturated heterocycles. The summed E-state index contributed by atoms with van der Waals surface area (Å²) in [7, 11) is 4.04. The van der Waals surface area contributed by atoms with Crippen molar-refractivity contribution in [1.82, 2.24) is 10.2 Å². The molecule has 1 heterocycles. The zero-order chi connectivity index (χ0) is 20.1. The molecule has 0 radical (unpaired) electrons. The van der Waals surface area contributed by atoms with Gasteiger partial charge in [-0.05, 0) is 56.3 Å². The molecule has 1 unspecified atom stereocenters. The number of rotatable bonds is 7. The van der Waals surface area contributed by atoms with Crippen molar-refractivity contribution in [1.29, 1.82) is 0 Å². The van der Waals surface area contributed by atoms with Crippen molar-refractivity contribution in [2.24, 2.45) is 0 Å². The minimum atomic E-state index is -0.120. The van der Waals surface area contributed by atoms with E-state index in [0.29, 0.717) is 18.5 Å². The second kappa shape index (κ2) is 9.02. The van der Waals surface area contributed by atoms with Crippen molar-refractivity contribution in [3.05, 3.63) is 65.2 Å². The highest BCUT2D eigenvalue weighted by Crippen LogP contribution is 2.23. The summed E-state index contributed by atoms with van der Waals surface area (Å²) in [6.07, 6.45) is 2.47. The van der Waals surface area contributed by atoms with Gasteiger partial charge in [-0.3, -0.25) is 9.59 Å². The molecule has 148 valence electrons. The topological polar surface area (TPSA) is 52.7 Å². The van der Waals surface area contributed by atoms with Crippen LogP contribution in [0.2, 0.25) is 0 Å². The van der Waals surface area contributed by atoms with Gasteiger partial charge in [0.05, 0.1) is 6.04 Å². The van der Waals surface area contributed by atoms with Gasteiger partial charge in [-0.1, -0.05) is 37.3 Å². The second-order valence-corrected chi connectivity index (χ2v) is 7.48. The number of carbonyl (C=O) groups excluding carboxylic acids is 2. The zero-order valence-corrected chi connectivity index (χ0v) is 16.9. The minimum absolute atomic E-state index is 0.0956. The van der Waals surface area contributed by atoms with Crippen molar-refractivity contribution < 1.29 is 9.59 Å². The second-order valence-electron chi connectivity index (χ2n) is 7.48. The molecule has 2 amide bonds. The Labute approximate surface area is 167 Å². The predicted octanol–water partition coefficient (Wildman–Crippen LogP) is 3.41. The molecular formula is C23H29N3O2. The molecule has 1 aliphatic heterocycles. The fourth-order valence-electron chi connectivity index (χ4n) is 3.60. The number of amides is 2. The Balaban J connectivity index is 1.68. The van der Waals surface area contributed by atoms with Crippen LogP contribution < -0.4 is 10.2 Å². The third-order valence-electron chi connectivity index (χ3n) is 5.35. The molecule has 2 aromatic rings. The number of likely N-dealkylation sites (N-methyl/N-ethyl adjacent to an activating group) is 1. The summed E-state index contributed by atoms with van der Waals surface area (Å²) in [5.41, 5.74) is 3.86. The van der Waals surface area contributed by atoms with Crippen LogP contribution in [0.15, 0.2) is 48.5 Å². The van der Waals surface area contributed by atoms with Crippen LogP contribution in [-0.2, 0) is 11.2 Å². The number of hydrogen-bond donors (Lipinski definition) is 1. The van der Waals surface area contributed by atoms with Crippen molar-refractivity contribution in [2.45, 2.75) is 32.2 Å². The normalized spacial score (nSPS) is 15.1. The van der Waals surface area contributed by atoms with E-state index in [0.717, 1.165) is 25.1 Å². The highest BCUT2D eigenvalue weighted by molar-refractivity contribution is 5.99. The van der Waals surface area contributed by atoms with Crippen LogP contribution in [0, 0.1) is 0 Å². The quantitative estimate of drug-likeness (QED) is 0.802. The Morgan fingerprint density at radius 2 is 1.93 bits per heavy atom. The van der Waals surface area contributed by atoms with Gasteiger partial charge < -0.3 is 15.1 Å². The maximum Gasteiger partial charge on any atom is 0.251 e. The van der Waals surface area contributed by atoms with E-state index in [-0.39, 0.29) is 17.9 Å². The Bertz CT molecular complexity index is 830. The average Bonchev–Trinajstić information content (AvgIpc) is 3.14. The summed E-state index contributed by atoms with van der Waals surface area (Å²) in [4.78, 5) is 28.6. The zero-order valence-electron chi connectivity index (χ0n) is 16.9. The smallest absolute Gasteiger partial charge is 0.251 e. The maximum atomic E-state index is 12.7. The number of carbonyl (C=O) groups is 2. The summed E-state index contributed by atoms with van der Waals surface area (Å²) >= 11 is 0. The van der Waals surface area contributed by atoms with Crippen molar-refractivity contribution >= 4 is 17.5 Å². The number of nitrogens with one attached hydrogen (secondary N) is 1. The van der Waals surface area contributed by atoms with Gasteiger partial charge in [0.25, 0.3) is 5.91 Å². The molecule has 0 aromatic heterocycles. The van der Waals surface area contributed by atoms with E-state index in [1.54, 1.807) is 17.0 Å². The fourth-order valence-corrected chi connectivity index (χ4v) is 3.60. The van der Waals surface area contributed by atoms with Crippen LogP contribution >= 0.6 is 0 Å². The predicted molar refractivity (Wildman–Crippen MR) is 113 cm³/mol. The summed E-state index contributed by atoms with van der Waals surface area (Å²) in [6.45, 7) is 3.38. The molecule has 1 N–H and O–H groups in total. The number of hydrogen-bond acceptors (Lipinski definition) is 3. The lowest BCUT2D eigenvalue weighted by molar-refractivity contribution is -0.117. The van der Waals surface area contributed by atoms with Crippen LogP contribution in [-0.4, -0.2) is 43.9 Å². The Hall–Kier alpha value is -2.66. The molecule has 28 heavy (non-hydrogen) atoms. The molecule has 2 aromatic carbocycles. The minimum Gasteiger partial charge on any atom is -0.350 e. The van der Waals surface area contributed by atoms with Gasteiger partial charge in [0.2, 0.25) is 5.91 Å². The van der Waals surface area contributed by atoms with Crippen molar-refractivity contribution in [3.8, 4) is 0 Å². The van der Waals surface area contributed by atoms with Crippen molar-refractivity contribution in [3.63, 3.8) is 0 Å². The first kappa shape index (κ1) is 20.1. The Morgan fingerprint density at radius 1 is 1.18 bits per heavy atom. The fraction of sp³-hybridized carbons (Fsp3) is 0.391. The average molecular weight is 380 g/mol. The molecule has 0 bridgehead atoms.